The first-order chi connectivity index (χ1) is 17.7. The van der Waals surface area contributed by atoms with Gasteiger partial charge in [-0.25, -0.2) is 0 Å². The van der Waals surface area contributed by atoms with Gasteiger partial charge in [0.15, 0.2) is 0 Å². The summed E-state index contributed by atoms with van der Waals surface area (Å²) in [5.74, 6) is -1.02. The van der Waals surface area contributed by atoms with Gasteiger partial charge < -0.3 is 20.4 Å². The third-order valence-electron chi connectivity index (χ3n) is 4.75. The van der Waals surface area contributed by atoms with Crippen molar-refractivity contribution in [2.75, 3.05) is 5.34 Å². The van der Waals surface area contributed by atoms with Crippen molar-refractivity contribution in [3.8, 4) is 23.0 Å². The van der Waals surface area contributed by atoms with Crippen molar-refractivity contribution in [2.24, 2.45) is 9.98 Å². The molecule has 0 amide bonds. The molecular weight excluding hydrogens is 559 g/mol. The quantitative estimate of drug-likeness (QED) is 0.186. The van der Waals surface area contributed by atoms with Crippen LogP contribution < -0.4 is 20.4 Å². The van der Waals surface area contributed by atoms with E-state index in [1.807, 2.05) is 38.1 Å². The Kier molecular flexibility index (Phi) is 14.9. The number of halogens is 2. The van der Waals surface area contributed by atoms with Crippen molar-refractivity contribution >= 4 is 47.0 Å². The van der Waals surface area contributed by atoms with E-state index < -0.39 is 11.5 Å². The maximum absolute atomic E-state index is 11.9. The molecule has 38 heavy (non-hydrogen) atoms. The van der Waals surface area contributed by atoms with E-state index >= 15 is 0 Å². The van der Waals surface area contributed by atoms with Gasteiger partial charge >= 0.3 is 21.7 Å². The molecule has 0 aliphatic heterocycles. The molecule has 0 radical (unpaired) electrons. The average Bonchev–Trinajstić information content (AvgIpc) is 2.88. The van der Waals surface area contributed by atoms with Crippen LogP contribution >= 0.6 is 23.2 Å². The van der Waals surface area contributed by atoms with Gasteiger partial charge in [-0.05, 0) is 37.1 Å². The predicted octanol–water partition coefficient (Wildman–Crippen LogP) is 5.20. The van der Waals surface area contributed by atoms with Crippen LogP contribution in [0.2, 0.25) is 0 Å². The molecule has 0 saturated heterocycles. The van der Waals surface area contributed by atoms with Gasteiger partial charge in [-0.15, -0.1) is 46.2 Å². The van der Waals surface area contributed by atoms with E-state index in [-0.39, 0.29) is 38.6 Å². The number of aliphatic imine (C=N–C) groups is 2. The molecule has 6 nitrogen and oxygen atoms in total. The Hall–Kier alpha value is -3.29. The Balaban J connectivity index is 0.000000505. The number of rotatable bonds is 4. The maximum Gasteiger partial charge on any atom is 4.00 e. The molecule has 4 rings (SSSR count). The molecule has 0 aromatic heterocycles. The maximum atomic E-state index is 11.9. The second kappa shape index (κ2) is 17.3. The Morgan fingerprint density at radius 3 is 1.26 bits per heavy atom. The van der Waals surface area contributed by atoms with Gasteiger partial charge in [0.2, 0.25) is 0 Å². The van der Waals surface area contributed by atoms with Crippen molar-refractivity contribution in [1.29, 1.82) is 0 Å². The number of para-hydroxylation sites is 4. The Morgan fingerprint density at radius 1 is 0.579 bits per heavy atom. The molecule has 0 fully saturated rings. The number of hydrogen-bond acceptors (Lipinski definition) is 6. The SMILES string of the molecule is Cc1ccc([O-])c(C=Nc2ccccc2N=Cc2cc(C)ccc2[O-])c1.ClCCl.[O-]c1ccccc1[O-].[Ti+4]. The van der Waals surface area contributed by atoms with Gasteiger partial charge in [0.05, 0.1) is 16.7 Å². The van der Waals surface area contributed by atoms with Crippen LogP contribution in [0.3, 0.4) is 0 Å². The second-order valence-corrected chi connectivity index (χ2v) is 8.44. The fourth-order valence-corrected chi connectivity index (χ4v) is 2.95. The van der Waals surface area contributed by atoms with Crippen LogP contribution in [-0.4, -0.2) is 17.8 Å². The molecule has 0 heterocycles. The standard InChI is InChI=1S/C22H20N2O2.C6H6O2.CH2Cl2.Ti/c1-15-7-9-21(25)17(11-15)13-23-19-5-3-4-6-20(19)24-14-18-12-16(2)8-10-22(18)26;7-5-3-1-2-4-6(5)8;2-1-3;/h3-14,25-26H,1-2H3;1-4,7-8H;1H2;/q;;;+4/p-4. The van der Waals surface area contributed by atoms with E-state index in [9.17, 15) is 20.4 Å². The van der Waals surface area contributed by atoms with Gasteiger partial charge in [-0.2, -0.15) is 0 Å². The smallest absolute Gasteiger partial charge is 0.873 e. The van der Waals surface area contributed by atoms with Crippen molar-refractivity contribution in [1.82, 2.24) is 0 Å². The van der Waals surface area contributed by atoms with Gasteiger partial charge in [0.25, 0.3) is 0 Å². The summed E-state index contributed by atoms with van der Waals surface area (Å²) in [6.07, 6.45) is 3.10. The second-order valence-electron chi connectivity index (χ2n) is 7.64. The van der Waals surface area contributed by atoms with E-state index in [1.165, 1.54) is 24.3 Å². The molecule has 0 bridgehead atoms. The average molecular weight is 583 g/mol. The Morgan fingerprint density at radius 2 is 0.921 bits per heavy atom. The zero-order valence-electron chi connectivity index (χ0n) is 20.7. The molecule has 4 aromatic rings. The number of benzene rings is 4. The molecule has 9 heteroatoms. The first-order valence-corrected chi connectivity index (χ1v) is 12.1. The van der Waals surface area contributed by atoms with Gasteiger partial charge in [-0.3, -0.25) is 9.98 Å². The monoisotopic (exact) mass is 582 g/mol. The van der Waals surface area contributed by atoms with Crippen LogP contribution in [0, 0.1) is 13.8 Å². The molecule has 0 spiro atoms. The zero-order valence-corrected chi connectivity index (χ0v) is 23.8. The predicted molar refractivity (Wildman–Crippen MR) is 144 cm³/mol. The minimum atomic E-state index is -0.437. The summed E-state index contributed by atoms with van der Waals surface area (Å²) in [5, 5.41) is 44.6. The Bertz CT molecular complexity index is 1260. The van der Waals surface area contributed by atoms with Crippen LogP contribution in [0.25, 0.3) is 0 Å². The molecule has 0 aliphatic carbocycles. The van der Waals surface area contributed by atoms with Crippen LogP contribution in [-0.2, 0) is 21.7 Å². The van der Waals surface area contributed by atoms with E-state index in [4.69, 9.17) is 23.2 Å². The van der Waals surface area contributed by atoms with Crippen LogP contribution in [0.4, 0.5) is 11.4 Å². The van der Waals surface area contributed by atoms with Crippen LogP contribution in [0.5, 0.6) is 23.0 Å². The summed E-state index contributed by atoms with van der Waals surface area (Å²) in [6, 6.07) is 23.2. The zero-order chi connectivity index (χ0) is 27.2. The van der Waals surface area contributed by atoms with E-state index in [2.05, 4.69) is 9.98 Å². The van der Waals surface area contributed by atoms with E-state index in [0.717, 1.165) is 11.1 Å². The minimum Gasteiger partial charge on any atom is -0.873 e. The van der Waals surface area contributed by atoms with Crippen LogP contribution in [0.15, 0.2) is 94.9 Å². The first kappa shape index (κ1) is 32.7. The topological polar surface area (TPSA) is 117 Å². The van der Waals surface area contributed by atoms with Crippen molar-refractivity contribution in [3.63, 3.8) is 0 Å². The summed E-state index contributed by atoms with van der Waals surface area (Å²) in [6.45, 7) is 3.86. The van der Waals surface area contributed by atoms with Crippen molar-refractivity contribution in [3.05, 3.63) is 107 Å². The largest absolute Gasteiger partial charge is 4.00 e. The summed E-state index contributed by atoms with van der Waals surface area (Å²) in [4.78, 5) is 8.83. The summed E-state index contributed by atoms with van der Waals surface area (Å²) in [5.41, 5.74) is 4.32. The van der Waals surface area contributed by atoms with Crippen LogP contribution in [0.1, 0.15) is 22.3 Å². The van der Waals surface area contributed by atoms with Gasteiger partial charge in [0.1, 0.15) is 0 Å². The summed E-state index contributed by atoms with van der Waals surface area (Å²) >= 11 is 9.53. The fourth-order valence-electron chi connectivity index (χ4n) is 2.95. The molecule has 0 unspecified atom stereocenters. The van der Waals surface area contributed by atoms with Gasteiger partial charge in [0, 0.05) is 12.4 Å². The Labute approximate surface area is 247 Å². The summed E-state index contributed by atoms with van der Waals surface area (Å²) in [7, 11) is 0. The molecule has 0 atom stereocenters. The molecule has 4 aromatic carbocycles. The van der Waals surface area contributed by atoms with E-state index in [0.29, 0.717) is 22.5 Å². The molecule has 0 aliphatic rings. The first-order valence-electron chi connectivity index (χ1n) is 11.0. The third-order valence-corrected chi connectivity index (χ3v) is 4.75. The summed E-state index contributed by atoms with van der Waals surface area (Å²) < 4.78 is 0. The van der Waals surface area contributed by atoms with E-state index in [1.54, 1.807) is 48.8 Å². The van der Waals surface area contributed by atoms with Crippen molar-refractivity contribution in [2.45, 2.75) is 13.8 Å². The minimum absolute atomic E-state index is 0. The van der Waals surface area contributed by atoms with Crippen molar-refractivity contribution < 1.29 is 42.1 Å². The number of hydrogen-bond donors (Lipinski definition) is 0. The molecule has 0 saturated carbocycles. The normalized spacial score (nSPS) is 10.2. The fraction of sp³-hybridized carbons (Fsp3) is 0.103. The number of alkyl halides is 2. The molecule has 192 valence electrons. The number of nitrogens with zero attached hydrogens (tertiary/aromatic N) is 2. The molecular formula is C29H24Cl2N2O4Ti. The third kappa shape index (κ3) is 11.0. The van der Waals surface area contributed by atoms with Gasteiger partial charge in [-0.1, -0.05) is 83.9 Å². The number of aryl methyl sites for hydroxylation is 2. The molecule has 0 N–H and O–H groups in total.